The van der Waals surface area contributed by atoms with Gasteiger partial charge in [0.1, 0.15) is 0 Å². The van der Waals surface area contributed by atoms with Crippen molar-refractivity contribution in [2.24, 2.45) is 5.73 Å². The summed E-state index contributed by atoms with van der Waals surface area (Å²) in [7, 11) is 0. The number of nitrogens with zero attached hydrogens (tertiary/aromatic N) is 1. The minimum atomic E-state index is -0.0819. The van der Waals surface area contributed by atoms with Crippen LogP contribution in [0.2, 0.25) is 0 Å². The van der Waals surface area contributed by atoms with Crippen molar-refractivity contribution in [3.8, 4) is 0 Å². The fourth-order valence-electron chi connectivity index (χ4n) is 2.23. The highest BCUT2D eigenvalue weighted by atomic mass is 16.5. The molecule has 0 saturated carbocycles. The van der Waals surface area contributed by atoms with Crippen molar-refractivity contribution in [3.63, 3.8) is 0 Å². The molecule has 1 atom stereocenters. The summed E-state index contributed by atoms with van der Waals surface area (Å²) in [6.45, 7) is 9.45. The molecule has 0 aromatic carbocycles. The number of nitrogens with two attached hydrogens (primary N) is 1. The van der Waals surface area contributed by atoms with Crippen molar-refractivity contribution in [3.05, 3.63) is 0 Å². The van der Waals surface area contributed by atoms with Crippen LogP contribution in [0.5, 0.6) is 0 Å². The quantitative estimate of drug-likeness (QED) is 0.690. The molecule has 1 heterocycles. The monoisotopic (exact) mass is 228 g/mol. The van der Waals surface area contributed by atoms with Crippen LogP contribution in [0.3, 0.4) is 0 Å². The second-order valence-corrected chi connectivity index (χ2v) is 5.15. The van der Waals surface area contributed by atoms with Gasteiger partial charge in [-0.05, 0) is 32.4 Å². The molecule has 0 aromatic rings. The highest BCUT2D eigenvalue weighted by Crippen LogP contribution is 2.17. The predicted octanol–water partition coefficient (Wildman–Crippen LogP) is 2.01. The predicted molar refractivity (Wildman–Crippen MR) is 68.6 cm³/mol. The number of rotatable bonds is 8. The van der Waals surface area contributed by atoms with E-state index in [1.54, 1.807) is 0 Å². The zero-order valence-electron chi connectivity index (χ0n) is 11.0. The first-order chi connectivity index (χ1) is 7.70. The molecule has 0 bridgehead atoms. The zero-order valence-corrected chi connectivity index (χ0v) is 11.0. The van der Waals surface area contributed by atoms with Crippen molar-refractivity contribution in [1.82, 2.24) is 4.90 Å². The molecule has 16 heavy (non-hydrogen) atoms. The van der Waals surface area contributed by atoms with Gasteiger partial charge in [-0.25, -0.2) is 0 Å². The summed E-state index contributed by atoms with van der Waals surface area (Å²) >= 11 is 0. The third kappa shape index (κ3) is 4.81. The summed E-state index contributed by atoms with van der Waals surface area (Å²) in [6, 6.07) is 0. The molecule has 1 aliphatic heterocycles. The van der Waals surface area contributed by atoms with Crippen molar-refractivity contribution < 1.29 is 4.74 Å². The normalized spacial score (nSPS) is 25.5. The van der Waals surface area contributed by atoms with Gasteiger partial charge in [0, 0.05) is 13.2 Å². The average Bonchev–Trinajstić information content (AvgIpc) is 2.69. The maximum Gasteiger partial charge on any atom is 0.0659 e. The molecule has 1 rings (SSSR count). The largest absolute Gasteiger partial charge is 0.379 e. The number of hydrogen-bond acceptors (Lipinski definition) is 3. The Hall–Kier alpha value is -0.120. The smallest absolute Gasteiger partial charge is 0.0659 e. The Labute approximate surface area is 100 Å². The number of hydrogen-bond donors (Lipinski definition) is 1. The molecular formula is C13H28N2O. The Bertz CT molecular complexity index is 171. The molecule has 1 unspecified atom stereocenters. The lowest BCUT2D eigenvalue weighted by Crippen LogP contribution is -2.51. The van der Waals surface area contributed by atoms with E-state index in [4.69, 9.17) is 10.5 Å². The molecule has 0 aromatic heterocycles. The Morgan fingerprint density at radius 2 is 1.81 bits per heavy atom. The fraction of sp³-hybridized carbons (Fsp3) is 1.00. The van der Waals surface area contributed by atoms with E-state index < -0.39 is 0 Å². The minimum absolute atomic E-state index is 0.0819. The van der Waals surface area contributed by atoms with Crippen molar-refractivity contribution in [1.29, 1.82) is 0 Å². The van der Waals surface area contributed by atoms with E-state index >= 15 is 0 Å². The van der Waals surface area contributed by atoms with Crippen LogP contribution in [-0.4, -0.2) is 43.3 Å². The number of ether oxygens (including phenoxy) is 1. The van der Waals surface area contributed by atoms with Crippen molar-refractivity contribution >= 4 is 0 Å². The van der Waals surface area contributed by atoms with Crippen LogP contribution in [-0.2, 0) is 4.74 Å². The summed E-state index contributed by atoms with van der Waals surface area (Å²) in [4.78, 5) is 2.53. The van der Waals surface area contributed by atoms with Crippen LogP contribution in [0.4, 0.5) is 0 Å². The van der Waals surface area contributed by atoms with Crippen LogP contribution in [0, 0.1) is 0 Å². The molecule has 1 saturated heterocycles. The molecule has 0 spiro atoms. The minimum Gasteiger partial charge on any atom is -0.379 e. The van der Waals surface area contributed by atoms with E-state index in [0.717, 1.165) is 26.2 Å². The Balaban J connectivity index is 2.34. The van der Waals surface area contributed by atoms with E-state index in [1.807, 2.05) is 0 Å². The lowest BCUT2D eigenvalue weighted by Gasteiger charge is -2.31. The topological polar surface area (TPSA) is 38.5 Å². The molecule has 0 amide bonds. The van der Waals surface area contributed by atoms with Gasteiger partial charge in [0.15, 0.2) is 0 Å². The first-order valence-corrected chi connectivity index (χ1v) is 6.79. The van der Waals surface area contributed by atoms with Gasteiger partial charge >= 0.3 is 0 Å². The van der Waals surface area contributed by atoms with E-state index in [2.05, 4.69) is 18.7 Å². The van der Waals surface area contributed by atoms with Crippen LogP contribution in [0.1, 0.15) is 46.0 Å². The van der Waals surface area contributed by atoms with Gasteiger partial charge < -0.3 is 15.4 Å². The van der Waals surface area contributed by atoms with E-state index in [0.29, 0.717) is 0 Å². The number of unbranched alkanes of at least 4 members (excludes halogenated alkanes) is 2. The van der Waals surface area contributed by atoms with Gasteiger partial charge in [0.05, 0.1) is 12.1 Å². The van der Waals surface area contributed by atoms with E-state index in [9.17, 15) is 0 Å². The van der Waals surface area contributed by atoms with Gasteiger partial charge in [-0.1, -0.05) is 26.7 Å². The summed E-state index contributed by atoms with van der Waals surface area (Å²) in [5.74, 6) is 0. The standard InChI is InChI=1S/C13H28N2O/c1-3-5-8-15(9-6-4-2)11-13(14)7-10-16-12-13/h3-12,14H2,1-2H3. The Morgan fingerprint density at radius 3 is 2.25 bits per heavy atom. The molecule has 3 heteroatoms. The van der Waals surface area contributed by atoms with Gasteiger partial charge in [-0.2, -0.15) is 0 Å². The summed E-state index contributed by atoms with van der Waals surface area (Å²) in [6.07, 6.45) is 6.09. The van der Waals surface area contributed by atoms with Crippen LogP contribution in [0.15, 0.2) is 0 Å². The maximum atomic E-state index is 6.34. The lowest BCUT2D eigenvalue weighted by atomic mass is 9.99. The molecule has 1 fully saturated rings. The maximum absolute atomic E-state index is 6.34. The van der Waals surface area contributed by atoms with Gasteiger partial charge in [0.2, 0.25) is 0 Å². The molecule has 3 nitrogen and oxygen atoms in total. The van der Waals surface area contributed by atoms with Crippen LogP contribution >= 0.6 is 0 Å². The molecule has 1 aliphatic rings. The third-order valence-corrected chi connectivity index (χ3v) is 3.33. The molecule has 0 aliphatic carbocycles. The van der Waals surface area contributed by atoms with Gasteiger partial charge in [-0.15, -0.1) is 0 Å². The highest BCUT2D eigenvalue weighted by Gasteiger charge is 2.32. The van der Waals surface area contributed by atoms with Crippen molar-refractivity contribution in [2.75, 3.05) is 32.8 Å². The highest BCUT2D eigenvalue weighted by molar-refractivity contribution is 4.91. The first-order valence-electron chi connectivity index (χ1n) is 6.79. The fourth-order valence-corrected chi connectivity index (χ4v) is 2.23. The van der Waals surface area contributed by atoms with Crippen molar-refractivity contribution in [2.45, 2.75) is 51.5 Å². The summed E-state index contributed by atoms with van der Waals surface area (Å²) in [5, 5.41) is 0. The summed E-state index contributed by atoms with van der Waals surface area (Å²) < 4.78 is 5.42. The van der Waals surface area contributed by atoms with Gasteiger partial charge in [0.25, 0.3) is 0 Å². The van der Waals surface area contributed by atoms with Crippen LogP contribution in [0.25, 0.3) is 0 Å². The van der Waals surface area contributed by atoms with Crippen LogP contribution < -0.4 is 5.73 Å². The zero-order chi connectivity index (χ0) is 11.9. The SMILES string of the molecule is CCCCN(CCCC)CC1(N)CCOC1. The average molecular weight is 228 g/mol. The molecular weight excluding hydrogens is 200 g/mol. The molecule has 96 valence electrons. The third-order valence-electron chi connectivity index (χ3n) is 3.33. The lowest BCUT2D eigenvalue weighted by molar-refractivity contribution is 0.151. The molecule has 0 radical (unpaired) electrons. The second-order valence-electron chi connectivity index (χ2n) is 5.15. The molecule has 2 N–H and O–H groups in total. The first kappa shape index (κ1) is 13.9. The summed E-state index contributed by atoms with van der Waals surface area (Å²) in [5.41, 5.74) is 6.25. The Kier molecular flexibility index (Phi) is 6.32. The second kappa shape index (κ2) is 7.25. The van der Waals surface area contributed by atoms with E-state index in [-0.39, 0.29) is 5.54 Å². The Morgan fingerprint density at radius 1 is 1.19 bits per heavy atom. The van der Waals surface area contributed by atoms with Gasteiger partial charge in [-0.3, -0.25) is 0 Å². The van der Waals surface area contributed by atoms with E-state index in [1.165, 1.54) is 38.8 Å².